The summed E-state index contributed by atoms with van der Waals surface area (Å²) in [6, 6.07) is 19.1. The van der Waals surface area contributed by atoms with Gasteiger partial charge in [0.25, 0.3) is 5.91 Å². The lowest BCUT2D eigenvalue weighted by atomic mass is 9.72. The van der Waals surface area contributed by atoms with E-state index in [-0.39, 0.29) is 24.5 Å². The van der Waals surface area contributed by atoms with E-state index in [1.807, 2.05) is 67.6 Å². The van der Waals surface area contributed by atoms with Crippen LogP contribution < -0.4 is 0 Å². The number of hydrogen-bond donors (Lipinski definition) is 0. The summed E-state index contributed by atoms with van der Waals surface area (Å²) < 4.78 is 5.57. The number of hydrogen-bond acceptors (Lipinski definition) is 4. The third-order valence-electron chi connectivity index (χ3n) is 6.36. The van der Waals surface area contributed by atoms with E-state index in [1.54, 1.807) is 16.8 Å². The maximum atomic E-state index is 13.3. The molecule has 6 nitrogen and oxygen atoms in total. The van der Waals surface area contributed by atoms with Crippen LogP contribution >= 0.6 is 0 Å². The second-order valence-corrected chi connectivity index (χ2v) is 8.12. The Balaban J connectivity index is 1.70. The molecule has 1 atom stereocenters. The quantitative estimate of drug-likeness (QED) is 0.670. The average molecular weight is 423 g/mol. The summed E-state index contributed by atoms with van der Waals surface area (Å²) >= 11 is 0. The van der Waals surface area contributed by atoms with E-state index < -0.39 is 11.4 Å². The van der Waals surface area contributed by atoms with Gasteiger partial charge in [-0.15, -0.1) is 0 Å². The molecule has 31 heavy (non-hydrogen) atoms. The summed E-state index contributed by atoms with van der Waals surface area (Å²) in [5.41, 5.74) is 1.03. The van der Waals surface area contributed by atoms with Crippen LogP contribution in [-0.4, -0.2) is 54.3 Å². The van der Waals surface area contributed by atoms with Gasteiger partial charge >= 0.3 is 5.97 Å². The summed E-state index contributed by atoms with van der Waals surface area (Å²) in [4.78, 5) is 41.1. The van der Waals surface area contributed by atoms with Crippen molar-refractivity contribution in [2.75, 3.05) is 26.7 Å². The van der Waals surface area contributed by atoms with Crippen molar-refractivity contribution in [2.24, 2.45) is 0 Å². The molecule has 2 aromatic rings. The molecule has 2 amide bonds. The summed E-state index contributed by atoms with van der Waals surface area (Å²) in [5, 5.41) is 0. The molecule has 6 heteroatoms. The fourth-order valence-corrected chi connectivity index (χ4v) is 4.11. The monoisotopic (exact) mass is 422 g/mol. The van der Waals surface area contributed by atoms with Crippen molar-refractivity contribution >= 4 is 17.8 Å². The van der Waals surface area contributed by atoms with Crippen molar-refractivity contribution in [1.82, 2.24) is 9.80 Å². The van der Waals surface area contributed by atoms with Gasteiger partial charge in [-0.3, -0.25) is 14.4 Å². The first kappa shape index (κ1) is 22.5. The van der Waals surface area contributed by atoms with Gasteiger partial charge in [-0.25, -0.2) is 0 Å². The van der Waals surface area contributed by atoms with Crippen LogP contribution in [0, 0.1) is 0 Å². The number of esters is 1. The van der Waals surface area contributed by atoms with Crippen molar-refractivity contribution in [3.05, 3.63) is 71.8 Å². The zero-order valence-electron chi connectivity index (χ0n) is 18.4. The molecule has 0 spiro atoms. The second-order valence-electron chi connectivity index (χ2n) is 8.12. The number of piperidine rings is 1. The van der Waals surface area contributed by atoms with Crippen LogP contribution in [-0.2, 0) is 24.5 Å². The summed E-state index contributed by atoms with van der Waals surface area (Å²) in [6.07, 6.45) is 0.944. The predicted octanol–water partition coefficient (Wildman–Crippen LogP) is 3.33. The number of rotatable bonds is 6. The molecule has 3 rings (SSSR count). The maximum absolute atomic E-state index is 13.3. The van der Waals surface area contributed by atoms with Crippen LogP contribution in [0.25, 0.3) is 0 Å². The average Bonchev–Trinajstić information content (AvgIpc) is 2.82. The fourth-order valence-electron chi connectivity index (χ4n) is 4.11. The van der Waals surface area contributed by atoms with Crippen molar-refractivity contribution in [3.63, 3.8) is 0 Å². The zero-order chi connectivity index (χ0) is 22.4. The molecule has 0 unspecified atom stereocenters. The minimum absolute atomic E-state index is 0.00160. The van der Waals surface area contributed by atoms with Gasteiger partial charge in [-0.05, 0) is 30.9 Å². The maximum Gasteiger partial charge on any atom is 0.317 e. The van der Waals surface area contributed by atoms with E-state index in [9.17, 15) is 14.4 Å². The predicted molar refractivity (Wildman–Crippen MR) is 118 cm³/mol. The van der Waals surface area contributed by atoms with Crippen molar-refractivity contribution < 1.29 is 19.1 Å². The molecule has 0 saturated carbocycles. The Morgan fingerprint density at radius 3 is 2.10 bits per heavy atom. The standard InChI is InChI=1S/C25H30N2O4/c1-19(21-10-6-4-7-11-21)26(3)23(29)18-31-24(30)25(22-12-8-5-9-13-22)14-16-27(17-15-25)20(2)28/h4-13,19H,14-18H2,1-3H3/t19-/m0/s1. The summed E-state index contributed by atoms with van der Waals surface area (Å²) in [7, 11) is 1.71. The van der Waals surface area contributed by atoms with Crippen LogP contribution in [0.15, 0.2) is 60.7 Å². The van der Waals surface area contributed by atoms with Crippen LogP contribution in [0.3, 0.4) is 0 Å². The molecule has 0 N–H and O–H groups in total. The number of carbonyl (C=O) groups is 3. The number of amides is 2. The van der Waals surface area contributed by atoms with E-state index in [0.717, 1.165) is 11.1 Å². The van der Waals surface area contributed by atoms with Crippen LogP contribution in [0.1, 0.15) is 43.9 Å². The van der Waals surface area contributed by atoms with Gasteiger partial charge in [0.2, 0.25) is 5.91 Å². The topological polar surface area (TPSA) is 66.9 Å². The first-order chi connectivity index (χ1) is 14.8. The first-order valence-corrected chi connectivity index (χ1v) is 10.6. The van der Waals surface area contributed by atoms with Gasteiger partial charge in [0.15, 0.2) is 6.61 Å². The van der Waals surface area contributed by atoms with Gasteiger partial charge in [0.05, 0.1) is 11.5 Å². The van der Waals surface area contributed by atoms with E-state index in [1.165, 1.54) is 6.92 Å². The van der Waals surface area contributed by atoms with Crippen molar-refractivity contribution in [2.45, 2.75) is 38.1 Å². The molecule has 0 bridgehead atoms. The highest BCUT2D eigenvalue weighted by atomic mass is 16.5. The highest BCUT2D eigenvalue weighted by Gasteiger charge is 2.45. The minimum Gasteiger partial charge on any atom is -0.455 e. The molecule has 2 aromatic carbocycles. The lowest BCUT2D eigenvalue weighted by molar-refractivity contribution is -0.159. The third kappa shape index (κ3) is 4.95. The summed E-state index contributed by atoms with van der Waals surface area (Å²) in [6.45, 7) is 4.14. The third-order valence-corrected chi connectivity index (χ3v) is 6.36. The molecule has 1 aliphatic heterocycles. The Morgan fingerprint density at radius 2 is 1.55 bits per heavy atom. The Bertz CT molecular complexity index is 906. The van der Waals surface area contributed by atoms with Crippen molar-refractivity contribution in [1.29, 1.82) is 0 Å². The minimum atomic E-state index is -0.850. The highest BCUT2D eigenvalue weighted by Crippen LogP contribution is 2.37. The number of likely N-dealkylation sites (tertiary alicyclic amines) is 1. The number of benzene rings is 2. The second kappa shape index (κ2) is 9.77. The molecule has 0 aliphatic carbocycles. The van der Waals surface area contributed by atoms with Crippen LogP contribution in [0.5, 0.6) is 0 Å². The number of nitrogens with zero attached hydrogens (tertiary/aromatic N) is 2. The summed E-state index contributed by atoms with van der Waals surface area (Å²) in [5.74, 6) is -0.660. The SMILES string of the molecule is CC(=O)N1CCC(C(=O)OCC(=O)N(C)[C@@H](C)c2ccccc2)(c2ccccc2)CC1. The van der Waals surface area contributed by atoms with E-state index in [4.69, 9.17) is 4.74 Å². The van der Waals surface area contributed by atoms with E-state index in [0.29, 0.717) is 25.9 Å². The lowest BCUT2D eigenvalue weighted by Gasteiger charge is -2.40. The Hall–Kier alpha value is -3.15. The lowest BCUT2D eigenvalue weighted by Crippen LogP contribution is -2.49. The van der Waals surface area contributed by atoms with Crippen LogP contribution in [0.4, 0.5) is 0 Å². The number of likely N-dealkylation sites (N-methyl/N-ethyl adjacent to an activating group) is 1. The largest absolute Gasteiger partial charge is 0.455 e. The highest BCUT2D eigenvalue weighted by molar-refractivity contribution is 5.87. The molecule has 1 fully saturated rings. The van der Waals surface area contributed by atoms with E-state index >= 15 is 0 Å². The Kier molecular flexibility index (Phi) is 7.10. The van der Waals surface area contributed by atoms with Gasteiger partial charge < -0.3 is 14.5 Å². The Morgan fingerprint density at radius 1 is 1.00 bits per heavy atom. The fraction of sp³-hybridized carbons (Fsp3) is 0.400. The van der Waals surface area contributed by atoms with Crippen LogP contribution in [0.2, 0.25) is 0 Å². The number of carbonyl (C=O) groups excluding carboxylic acids is 3. The molecular formula is C25H30N2O4. The number of ether oxygens (including phenoxy) is 1. The molecule has 1 saturated heterocycles. The molecule has 0 aromatic heterocycles. The first-order valence-electron chi connectivity index (χ1n) is 10.6. The molecule has 164 valence electrons. The normalized spacial score (nSPS) is 16.3. The van der Waals surface area contributed by atoms with E-state index in [2.05, 4.69) is 0 Å². The zero-order valence-corrected chi connectivity index (χ0v) is 18.4. The smallest absolute Gasteiger partial charge is 0.317 e. The van der Waals surface area contributed by atoms with Gasteiger partial charge in [-0.1, -0.05) is 60.7 Å². The van der Waals surface area contributed by atoms with Gasteiger partial charge in [0.1, 0.15) is 0 Å². The van der Waals surface area contributed by atoms with Gasteiger partial charge in [0, 0.05) is 27.1 Å². The van der Waals surface area contributed by atoms with Crippen molar-refractivity contribution in [3.8, 4) is 0 Å². The molecule has 0 radical (unpaired) electrons. The Labute approximate surface area is 183 Å². The molecule has 1 heterocycles. The molecule has 1 aliphatic rings. The van der Waals surface area contributed by atoms with Gasteiger partial charge in [-0.2, -0.15) is 0 Å². The molecular weight excluding hydrogens is 392 g/mol.